The number of rotatable bonds is 6. The lowest BCUT2D eigenvalue weighted by Gasteiger charge is -2.11. The lowest BCUT2D eigenvalue weighted by atomic mass is 10.3. The van der Waals surface area contributed by atoms with Crippen molar-refractivity contribution in [2.75, 3.05) is 13.6 Å². The van der Waals surface area contributed by atoms with Crippen LogP contribution in [0.15, 0.2) is 29.1 Å². The molecule has 1 amide bonds. The van der Waals surface area contributed by atoms with E-state index in [1.165, 1.54) is 4.57 Å². The summed E-state index contributed by atoms with van der Waals surface area (Å²) in [5.41, 5.74) is 1.51. The Kier molecular flexibility index (Phi) is 6.64. The van der Waals surface area contributed by atoms with Gasteiger partial charge in [0.1, 0.15) is 6.54 Å². The molecule has 0 saturated heterocycles. The molecule has 0 aliphatic carbocycles. The second-order valence-electron chi connectivity index (χ2n) is 5.10. The van der Waals surface area contributed by atoms with Crippen LogP contribution in [0.25, 0.3) is 11.0 Å². The largest absolute Gasteiger partial charge is 0.353 e. The number of nitrogens with one attached hydrogen (secondary N) is 2. The molecule has 2 aromatic rings. The minimum atomic E-state index is -0.154. The Morgan fingerprint density at radius 1 is 1.23 bits per heavy atom. The number of likely N-dealkylation sites (N-methyl/N-ethyl adjacent to an activating group) is 1. The van der Waals surface area contributed by atoms with E-state index in [9.17, 15) is 9.59 Å². The summed E-state index contributed by atoms with van der Waals surface area (Å²) in [6.45, 7) is 5.08. The second kappa shape index (κ2) is 8.00. The average Bonchev–Trinajstić information content (AvgIpc) is 2.77. The molecule has 122 valence electrons. The van der Waals surface area contributed by atoms with Crippen molar-refractivity contribution in [3.63, 3.8) is 0 Å². The van der Waals surface area contributed by atoms with E-state index >= 15 is 0 Å². The highest BCUT2D eigenvalue weighted by Gasteiger charge is 2.14. The topological polar surface area (TPSA) is 68.1 Å². The predicted octanol–water partition coefficient (Wildman–Crippen LogP) is 0.969. The van der Waals surface area contributed by atoms with E-state index in [0.717, 1.165) is 11.0 Å². The molecule has 6 nitrogen and oxygen atoms in total. The van der Waals surface area contributed by atoms with Crippen LogP contribution in [0, 0.1) is 0 Å². The van der Waals surface area contributed by atoms with Gasteiger partial charge in [-0.3, -0.25) is 13.9 Å². The quantitative estimate of drug-likeness (QED) is 0.831. The van der Waals surface area contributed by atoms with E-state index < -0.39 is 0 Å². The van der Waals surface area contributed by atoms with Crippen molar-refractivity contribution in [3.8, 4) is 0 Å². The molecule has 0 saturated carbocycles. The van der Waals surface area contributed by atoms with Crippen LogP contribution in [0.1, 0.15) is 13.8 Å². The van der Waals surface area contributed by atoms with Crippen LogP contribution in [0.2, 0.25) is 0 Å². The Balaban J connectivity index is 0.00000242. The molecule has 1 aromatic carbocycles. The van der Waals surface area contributed by atoms with E-state index in [0.29, 0.717) is 13.1 Å². The zero-order valence-electron chi connectivity index (χ0n) is 13.1. The Bertz CT molecular complexity index is 692. The first kappa shape index (κ1) is 18.3. The summed E-state index contributed by atoms with van der Waals surface area (Å²) < 4.78 is 3.21. The number of carbonyl (C=O) groups excluding carboxylic acids is 1. The summed E-state index contributed by atoms with van der Waals surface area (Å²) in [7, 11) is 1.84. The molecule has 0 aliphatic heterocycles. The van der Waals surface area contributed by atoms with Gasteiger partial charge in [0.2, 0.25) is 5.91 Å². The molecule has 1 heterocycles. The molecule has 0 spiro atoms. The SMILES string of the molecule is CCn1c(=O)n(CC(=O)NCC(C)NC)c2ccccc21.Cl. The summed E-state index contributed by atoms with van der Waals surface area (Å²) in [4.78, 5) is 24.4. The van der Waals surface area contributed by atoms with Gasteiger partial charge in [-0.15, -0.1) is 12.4 Å². The van der Waals surface area contributed by atoms with Gasteiger partial charge >= 0.3 is 5.69 Å². The van der Waals surface area contributed by atoms with Gasteiger partial charge in [0, 0.05) is 19.1 Å². The third-order valence-corrected chi connectivity index (χ3v) is 3.64. The first-order valence-corrected chi connectivity index (χ1v) is 7.20. The number of hydrogen-bond donors (Lipinski definition) is 2. The van der Waals surface area contributed by atoms with Crippen molar-refractivity contribution in [1.82, 2.24) is 19.8 Å². The fourth-order valence-corrected chi connectivity index (χ4v) is 2.30. The maximum absolute atomic E-state index is 12.4. The van der Waals surface area contributed by atoms with Crippen molar-refractivity contribution in [3.05, 3.63) is 34.7 Å². The first-order valence-electron chi connectivity index (χ1n) is 7.20. The van der Waals surface area contributed by atoms with Gasteiger partial charge in [0.25, 0.3) is 0 Å². The minimum Gasteiger partial charge on any atom is -0.353 e. The molecule has 0 bridgehead atoms. The highest BCUT2D eigenvalue weighted by atomic mass is 35.5. The predicted molar refractivity (Wildman–Crippen MR) is 90.7 cm³/mol. The van der Waals surface area contributed by atoms with E-state index in [1.807, 2.05) is 45.2 Å². The number of amides is 1. The molecule has 0 radical (unpaired) electrons. The van der Waals surface area contributed by atoms with Gasteiger partial charge in [-0.2, -0.15) is 0 Å². The molecule has 0 fully saturated rings. The monoisotopic (exact) mass is 326 g/mol. The molecule has 2 N–H and O–H groups in total. The molecule has 1 aromatic heterocycles. The normalized spacial score (nSPS) is 12.0. The number of aromatic nitrogens is 2. The van der Waals surface area contributed by atoms with Crippen LogP contribution < -0.4 is 16.3 Å². The number of hydrogen-bond acceptors (Lipinski definition) is 3. The minimum absolute atomic E-state index is 0. The summed E-state index contributed by atoms with van der Waals surface area (Å²) >= 11 is 0. The summed E-state index contributed by atoms with van der Waals surface area (Å²) in [5.74, 6) is -0.154. The number of para-hydroxylation sites is 2. The number of carbonyl (C=O) groups is 1. The maximum atomic E-state index is 12.4. The van der Waals surface area contributed by atoms with Crippen molar-refractivity contribution in [1.29, 1.82) is 0 Å². The van der Waals surface area contributed by atoms with Crippen molar-refractivity contribution < 1.29 is 4.79 Å². The first-order chi connectivity index (χ1) is 10.1. The molecule has 7 heteroatoms. The number of fused-ring (bicyclic) bond motifs is 1. The maximum Gasteiger partial charge on any atom is 0.329 e. The fraction of sp³-hybridized carbons (Fsp3) is 0.467. The molecule has 2 rings (SSSR count). The van der Waals surface area contributed by atoms with Crippen LogP contribution >= 0.6 is 12.4 Å². The number of aryl methyl sites for hydroxylation is 1. The Hall–Kier alpha value is -1.79. The lowest BCUT2D eigenvalue weighted by Crippen LogP contribution is -2.40. The third kappa shape index (κ3) is 3.69. The van der Waals surface area contributed by atoms with Crippen LogP contribution in [-0.4, -0.2) is 34.7 Å². The van der Waals surface area contributed by atoms with E-state index in [1.54, 1.807) is 4.57 Å². The number of benzene rings is 1. The number of nitrogens with zero attached hydrogens (tertiary/aromatic N) is 2. The number of halogens is 1. The molecule has 0 aliphatic rings. The van der Waals surface area contributed by atoms with Crippen LogP contribution in [0.5, 0.6) is 0 Å². The standard InChI is InChI=1S/C15H22N4O2.ClH/c1-4-18-12-7-5-6-8-13(12)19(15(18)21)10-14(20)17-9-11(2)16-3;/h5-8,11,16H,4,9-10H2,1-3H3,(H,17,20);1H. The summed E-state index contributed by atoms with van der Waals surface area (Å²) in [5, 5.41) is 5.88. The van der Waals surface area contributed by atoms with Crippen LogP contribution in [0.4, 0.5) is 0 Å². The van der Waals surface area contributed by atoms with Gasteiger partial charge in [-0.25, -0.2) is 4.79 Å². The summed E-state index contributed by atoms with van der Waals surface area (Å²) in [6.07, 6.45) is 0. The van der Waals surface area contributed by atoms with E-state index in [4.69, 9.17) is 0 Å². The molecule has 1 unspecified atom stereocenters. The lowest BCUT2D eigenvalue weighted by molar-refractivity contribution is -0.121. The van der Waals surface area contributed by atoms with Crippen molar-refractivity contribution in [2.45, 2.75) is 33.0 Å². The fourth-order valence-electron chi connectivity index (χ4n) is 2.30. The van der Waals surface area contributed by atoms with Gasteiger partial charge < -0.3 is 10.6 Å². The molecule has 22 heavy (non-hydrogen) atoms. The Morgan fingerprint density at radius 3 is 2.36 bits per heavy atom. The van der Waals surface area contributed by atoms with Gasteiger partial charge in [0.05, 0.1) is 11.0 Å². The number of imidazole rings is 1. The highest BCUT2D eigenvalue weighted by molar-refractivity contribution is 5.85. The summed E-state index contributed by atoms with van der Waals surface area (Å²) in [6, 6.07) is 7.73. The van der Waals surface area contributed by atoms with Crippen LogP contribution in [-0.2, 0) is 17.9 Å². The average molecular weight is 327 g/mol. The van der Waals surface area contributed by atoms with E-state index in [2.05, 4.69) is 10.6 Å². The zero-order valence-corrected chi connectivity index (χ0v) is 13.9. The second-order valence-corrected chi connectivity index (χ2v) is 5.10. The van der Waals surface area contributed by atoms with Crippen molar-refractivity contribution in [2.24, 2.45) is 0 Å². The highest BCUT2D eigenvalue weighted by Crippen LogP contribution is 2.12. The molecular weight excluding hydrogens is 304 g/mol. The zero-order chi connectivity index (χ0) is 15.4. The Morgan fingerprint density at radius 2 is 1.82 bits per heavy atom. The van der Waals surface area contributed by atoms with Crippen molar-refractivity contribution >= 4 is 29.3 Å². The van der Waals surface area contributed by atoms with Crippen LogP contribution in [0.3, 0.4) is 0 Å². The molecule has 1 atom stereocenters. The van der Waals surface area contributed by atoms with Gasteiger partial charge in [0.15, 0.2) is 0 Å². The van der Waals surface area contributed by atoms with Gasteiger partial charge in [-0.1, -0.05) is 12.1 Å². The van der Waals surface area contributed by atoms with Gasteiger partial charge in [-0.05, 0) is 33.0 Å². The molecular formula is C15H23ClN4O2. The van der Waals surface area contributed by atoms with E-state index in [-0.39, 0.29) is 36.6 Å². The smallest absolute Gasteiger partial charge is 0.329 e. The third-order valence-electron chi connectivity index (χ3n) is 3.64. The Labute approximate surface area is 135 Å².